The quantitative estimate of drug-likeness (QED) is 0.497. The number of rotatable bonds is 5. The minimum atomic E-state index is -0.728. The van der Waals surface area contributed by atoms with Crippen LogP contribution in [0.4, 0.5) is 5.69 Å². The Balaban J connectivity index is 2.39. The number of amides is 1. The van der Waals surface area contributed by atoms with E-state index in [-0.39, 0.29) is 22.4 Å². The Morgan fingerprint density at radius 1 is 1.00 bits per heavy atom. The number of nitrogens with one attached hydrogen (secondary N) is 1. The lowest BCUT2D eigenvalue weighted by atomic mass is 10.1. The number of ether oxygens (including phenoxy) is 2. The molecule has 136 valence electrons. The summed E-state index contributed by atoms with van der Waals surface area (Å²) < 4.78 is 9.32. The van der Waals surface area contributed by atoms with Crippen LogP contribution in [0.25, 0.3) is 6.08 Å². The number of anilines is 1. The molecule has 0 aliphatic rings. The summed E-state index contributed by atoms with van der Waals surface area (Å²) in [6, 6.07) is 14.6. The molecule has 0 unspecified atom stereocenters. The summed E-state index contributed by atoms with van der Waals surface area (Å²) in [5.41, 5.74) is 0.701. The molecule has 0 aromatic heterocycles. The van der Waals surface area contributed by atoms with E-state index in [1.54, 1.807) is 24.3 Å². The van der Waals surface area contributed by atoms with E-state index in [1.165, 1.54) is 38.5 Å². The largest absolute Gasteiger partial charge is 0.465 e. The van der Waals surface area contributed by atoms with Crippen LogP contribution >= 0.6 is 0 Å². The molecule has 2 rings (SSSR count). The summed E-state index contributed by atoms with van der Waals surface area (Å²) in [4.78, 5) is 36.1. The molecule has 2 aromatic carbocycles. The number of methoxy groups -OCH3 is 2. The van der Waals surface area contributed by atoms with Crippen LogP contribution in [-0.4, -0.2) is 32.1 Å². The maximum absolute atomic E-state index is 12.5. The van der Waals surface area contributed by atoms with Crippen molar-refractivity contribution in [2.45, 2.75) is 0 Å². The van der Waals surface area contributed by atoms with Gasteiger partial charge in [0.05, 0.1) is 31.0 Å². The number of esters is 2. The Labute approximate surface area is 155 Å². The van der Waals surface area contributed by atoms with E-state index in [9.17, 15) is 19.6 Å². The Hall–Kier alpha value is -3.92. The van der Waals surface area contributed by atoms with Crippen molar-refractivity contribution >= 4 is 29.6 Å². The van der Waals surface area contributed by atoms with E-state index in [1.807, 2.05) is 12.1 Å². The molecule has 0 radical (unpaired) electrons. The van der Waals surface area contributed by atoms with Gasteiger partial charge in [-0.25, -0.2) is 9.59 Å². The van der Waals surface area contributed by atoms with Crippen molar-refractivity contribution in [3.8, 4) is 6.07 Å². The Morgan fingerprint density at radius 3 is 2.26 bits per heavy atom. The van der Waals surface area contributed by atoms with Crippen LogP contribution in [-0.2, 0) is 14.3 Å². The number of nitriles is 1. The number of benzene rings is 2. The molecule has 2 aromatic rings. The first kappa shape index (κ1) is 19.4. The molecule has 0 spiro atoms. The monoisotopic (exact) mass is 364 g/mol. The fourth-order valence-electron chi connectivity index (χ4n) is 2.23. The molecule has 1 amide bonds. The van der Waals surface area contributed by atoms with E-state index in [0.29, 0.717) is 5.56 Å². The second-order valence-corrected chi connectivity index (χ2v) is 5.28. The summed E-state index contributed by atoms with van der Waals surface area (Å²) in [7, 11) is 2.41. The third-order valence-corrected chi connectivity index (χ3v) is 3.57. The Kier molecular flexibility index (Phi) is 6.44. The van der Waals surface area contributed by atoms with Crippen molar-refractivity contribution in [3.05, 3.63) is 70.8 Å². The first-order valence-electron chi connectivity index (χ1n) is 7.79. The molecule has 27 heavy (non-hydrogen) atoms. The molecule has 0 aliphatic heterocycles. The van der Waals surface area contributed by atoms with Crippen molar-refractivity contribution in [1.29, 1.82) is 5.26 Å². The first-order chi connectivity index (χ1) is 13.0. The SMILES string of the molecule is COC(=O)c1ccc(C(=O)OC)c(NC(=O)/C(C#N)=C\c2ccccc2)c1. The fourth-order valence-corrected chi connectivity index (χ4v) is 2.23. The van der Waals surface area contributed by atoms with Gasteiger partial charge in [-0.05, 0) is 29.8 Å². The summed E-state index contributed by atoms with van der Waals surface area (Å²) in [5, 5.41) is 11.8. The van der Waals surface area contributed by atoms with Crippen molar-refractivity contribution in [2.75, 3.05) is 19.5 Å². The maximum Gasteiger partial charge on any atom is 0.339 e. The molecule has 7 nitrogen and oxygen atoms in total. The topological polar surface area (TPSA) is 105 Å². The highest BCUT2D eigenvalue weighted by atomic mass is 16.5. The summed E-state index contributed by atoms with van der Waals surface area (Å²) in [5.74, 6) is -2.07. The third kappa shape index (κ3) is 4.80. The average Bonchev–Trinajstić information content (AvgIpc) is 2.71. The Morgan fingerprint density at radius 2 is 1.67 bits per heavy atom. The van der Waals surface area contributed by atoms with E-state index in [2.05, 4.69) is 14.8 Å². The van der Waals surface area contributed by atoms with Crippen molar-refractivity contribution < 1.29 is 23.9 Å². The fraction of sp³-hybridized carbons (Fsp3) is 0.100. The summed E-state index contributed by atoms with van der Waals surface area (Å²) in [6.07, 6.45) is 1.41. The van der Waals surface area contributed by atoms with Crippen LogP contribution < -0.4 is 5.32 Å². The lowest BCUT2D eigenvalue weighted by Crippen LogP contribution is -2.17. The smallest absolute Gasteiger partial charge is 0.339 e. The van der Waals surface area contributed by atoms with Gasteiger partial charge < -0.3 is 14.8 Å². The van der Waals surface area contributed by atoms with E-state index >= 15 is 0 Å². The van der Waals surface area contributed by atoms with E-state index in [4.69, 9.17) is 0 Å². The van der Waals surface area contributed by atoms with Crippen LogP contribution in [0.3, 0.4) is 0 Å². The van der Waals surface area contributed by atoms with Crippen molar-refractivity contribution in [3.63, 3.8) is 0 Å². The first-order valence-corrected chi connectivity index (χ1v) is 7.79. The summed E-state index contributed by atoms with van der Waals surface area (Å²) in [6.45, 7) is 0. The molecule has 0 heterocycles. The number of carbonyl (C=O) groups excluding carboxylic acids is 3. The normalized spacial score (nSPS) is 10.5. The highest BCUT2D eigenvalue weighted by Crippen LogP contribution is 2.21. The van der Waals surface area contributed by atoms with Gasteiger partial charge in [-0.1, -0.05) is 30.3 Å². The predicted molar refractivity (Wildman–Crippen MR) is 97.8 cm³/mol. The van der Waals surface area contributed by atoms with Gasteiger partial charge in [-0.15, -0.1) is 0 Å². The third-order valence-electron chi connectivity index (χ3n) is 3.57. The van der Waals surface area contributed by atoms with Gasteiger partial charge in [-0.2, -0.15) is 5.26 Å². The molecular formula is C20H16N2O5. The number of hydrogen-bond acceptors (Lipinski definition) is 6. The highest BCUT2D eigenvalue weighted by molar-refractivity contribution is 6.12. The molecule has 0 bridgehead atoms. The Bertz CT molecular complexity index is 943. The van der Waals surface area contributed by atoms with Gasteiger partial charge in [0.2, 0.25) is 0 Å². The van der Waals surface area contributed by atoms with Crippen LogP contribution in [0.1, 0.15) is 26.3 Å². The number of nitrogens with zero attached hydrogens (tertiary/aromatic N) is 1. The minimum absolute atomic E-state index is 0.0314. The van der Waals surface area contributed by atoms with Gasteiger partial charge in [0.1, 0.15) is 11.6 Å². The average molecular weight is 364 g/mol. The number of hydrogen-bond donors (Lipinski definition) is 1. The van der Waals surface area contributed by atoms with Crippen LogP contribution in [0.2, 0.25) is 0 Å². The minimum Gasteiger partial charge on any atom is -0.465 e. The highest BCUT2D eigenvalue weighted by Gasteiger charge is 2.19. The van der Waals surface area contributed by atoms with Gasteiger partial charge in [0.25, 0.3) is 5.91 Å². The standard InChI is InChI=1S/C20H16N2O5/c1-26-19(24)14-8-9-16(20(25)27-2)17(11-14)22-18(23)15(12-21)10-13-6-4-3-5-7-13/h3-11H,1-2H3,(H,22,23)/b15-10-. The molecule has 0 saturated carbocycles. The molecule has 1 N–H and O–H groups in total. The lowest BCUT2D eigenvalue weighted by molar-refractivity contribution is -0.112. The second-order valence-electron chi connectivity index (χ2n) is 5.28. The van der Waals surface area contributed by atoms with Gasteiger partial charge in [0.15, 0.2) is 0 Å². The lowest BCUT2D eigenvalue weighted by Gasteiger charge is -2.11. The zero-order valence-electron chi connectivity index (χ0n) is 14.7. The summed E-state index contributed by atoms with van der Waals surface area (Å²) >= 11 is 0. The van der Waals surface area contributed by atoms with Gasteiger partial charge in [0, 0.05) is 0 Å². The molecular weight excluding hydrogens is 348 g/mol. The molecule has 0 saturated heterocycles. The molecule has 0 fully saturated rings. The molecule has 7 heteroatoms. The van der Waals surface area contributed by atoms with Crippen molar-refractivity contribution in [2.24, 2.45) is 0 Å². The van der Waals surface area contributed by atoms with Crippen LogP contribution in [0, 0.1) is 11.3 Å². The second kappa shape index (κ2) is 8.97. The zero-order valence-corrected chi connectivity index (χ0v) is 14.7. The van der Waals surface area contributed by atoms with Crippen LogP contribution in [0.15, 0.2) is 54.1 Å². The van der Waals surface area contributed by atoms with E-state index in [0.717, 1.165) is 0 Å². The van der Waals surface area contributed by atoms with Crippen molar-refractivity contribution in [1.82, 2.24) is 0 Å². The van der Waals surface area contributed by atoms with Gasteiger partial charge >= 0.3 is 11.9 Å². The van der Waals surface area contributed by atoms with Gasteiger partial charge in [-0.3, -0.25) is 4.79 Å². The van der Waals surface area contributed by atoms with E-state index < -0.39 is 17.8 Å². The van der Waals surface area contributed by atoms with Crippen LogP contribution in [0.5, 0.6) is 0 Å². The predicted octanol–water partition coefficient (Wildman–Crippen LogP) is 2.81. The number of carbonyl (C=O) groups is 3. The molecule has 0 atom stereocenters. The molecule has 0 aliphatic carbocycles. The maximum atomic E-state index is 12.5. The zero-order chi connectivity index (χ0) is 19.8.